The van der Waals surface area contributed by atoms with Crippen molar-refractivity contribution in [3.63, 3.8) is 0 Å². The number of carbonyl (C=O) groups is 2. The van der Waals surface area contributed by atoms with Crippen molar-refractivity contribution in [2.45, 2.75) is 13.2 Å². The van der Waals surface area contributed by atoms with Crippen LogP contribution in [-0.2, 0) is 11.3 Å². The maximum Gasteiger partial charge on any atom is 0.387 e. The lowest BCUT2D eigenvalue weighted by Crippen LogP contribution is -2.28. The molecule has 0 saturated carbocycles. The van der Waals surface area contributed by atoms with E-state index in [0.29, 0.717) is 16.8 Å². The molecule has 2 N–H and O–H groups in total. The molecule has 0 aliphatic heterocycles. The molecule has 6 nitrogen and oxygen atoms in total. The predicted octanol–water partition coefficient (Wildman–Crippen LogP) is 3.40. The molecule has 2 rings (SSSR count). The summed E-state index contributed by atoms with van der Waals surface area (Å²) in [5.41, 5.74) is 1.23. The van der Waals surface area contributed by atoms with E-state index >= 15 is 0 Å². The molecular weight excluding hydrogens is 334 g/mol. The predicted molar refractivity (Wildman–Crippen MR) is 86.7 cm³/mol. The molecule has 2 amide bonds. The number of anilines is 1. The first kappa shape index (κ1) is 18.2. The van der Waals surface area contributed by atoms with Gasteiger partial charge in [-0.1, -0.05) is 18.2 Å². The molecule has 25 heavy (non-hydrogen) atoms. The maximum atomic E-state index is 12.3. The molecule has 0 bridgehead atoms. The highest BCUT2D eigenvalue weighted by atomic mass is 19.3. The van der Waals surface area contributed by atoms with Gasteiger partial charge in [-0.25, -0.2) is 9.59 Å². The Hall–Kier alpha value is -3.16. The van der Waals surface area contributed by atoms with Gasteiger partial charge in [0.2, 0.25) is 0 Å². The van der Waals surface area contributed by atoms with E-state index in [4.69, 9.17) is 0 Å². The molecule has 2 aromatic rings. The van der Waals surface area contributed by atoms with Crippen molar-refractivity contribution >= 4 is 17.7 Å². The van der Waals surface area contributed by atoms with E-state index in [2.05, 4.69) is 20.1 Å². The first-order valence-corrected chi connectivity index (χ1v) is 7.25. The molecule has 0 aliphatic rings. The fraction of sp³-hybridized carbons (Fsp3) is 0.176. The van der Waals surface area contributed by atoms with Gasteiger partial charge in [0.1, 0.15) is 5.75 Å². The fourth-order valence-corrected chi connectivity index (χ4v) is 2.02. The molecule has 0 heterocycles. The van der Waals surface area contributed by atoms with Gasteiger partial charge in [0, 0.05) is 17.8 Å². The minimum absolute atomic E-state index is 0.000214. The van der Waals surface area contributed by atoms with Crippen LogP contribution in [0.15, 0.2) is 48.5 Å². The number of carbonyl (C=O) groups excluding carboxylic acids is 2. The second-order valence-electron chi connectivity index (χ2n) is 4.86. The first-order chi connectivity index (χ1) is 12.0. The molecule has 0 spiro atoms. The quantitative estimate of drug-likeness (QED) is 0.783. The highest BCUT2D eigenvalue weighted by molar-refractivity contribution is 5.92. The standard InChI is InChI=1S/C17H16F2N2O4/c1-24-15(22)11-6-8-13(9-7-11)21-17(23)20-10-12-4-2-3-5-14(12)25-16(18)19/h2-9,16H,10H2,1H3,(H2,20,21,23). The van der Waals surface area contributed by atoms with Crippen LogP contribution in [0.3, 0.4) is 0 Å². The Morgan fingerprint density at radius 3 is 2.40 bits per heavy atom. The van der Waals surface area contributed by atoms with Crippen LogP contribution in [0.2, 0.25) is 0 Å². The van der Waals surface area contributed by atoms with Gasteiger partial charge in [0.25, 0.3) is 0 Å². The second-order valence-corrected chi connectivity index (χ2v) is 4.86. The molecule has 8 heteroatoms. The largest absolute Gasteiger partial charge is 0.465 e. The lowest BCUT2D eigenvalue weighted by atomic mass is 10.2. The Bertz CT molecular complexity index is 736. The Morgan fingerprint density at radius 2 is 1.76 bits per heavy atom. The van der Waals surface area contributed by atoms with E-state index in [-0.39, 0.29) is 12.3 Å². The summed E-state index contributed by atoms with van der Waals surface area (Å²) in [4.78, 5) is 23.2. The molecular formula is C17H16F2N2O4. The van der Waals surface area contributed by atoms with Gasteiger partial charge in [-0.15, -0.1) is 0 Å². The van der Waals surface area contributed by atoms with Crippen molar-refractivity contribution in [3.8, 4) is 5.75 Å². The van der Waals surface area contributed by atoms with Crippen LogP contribution in [0.25, 0.3) is 0 Å². The molecule has 132 valence electrons. The van der Waals surface area contributed by atoms with Crippen LogP contribution >= 0.6 is 0 Å². The van der Waals surface area contributed by atoms with E-state index in [1.165, 1.54) is 25.3 Å². The van der Waals surface area contributed by atoms with Gasteiger partial charge in [-0.2, -0.15) is 8.78 Å². The summed E-state index contributed by atoms with van der Waals surface area (Å²) in [6.07, 6.45) is 0. The normalized spacial score (nSPS) is 10.2. The number of halogens is 2. The van der Waals surface area contributed by atoms with Gasteiger partial charge in [0.05, 0.1) is 12.7 Å². The molecule has 0 radical (unpaired) electrons. The summed E-state index contributed by atoms with van der Waals surface area (Å²) >= 11 is 0. The van der Waals surface area contributed by atoms with E-state index < -0.39 is 18.6 Å². The number of esters is 1. The summed E-state index contributed by atoms with van der Waals surface area (Å²) in [5, 5.41) is 5.11. The molecule has 0 saturated heterocycles. The third kappa shape index (κ3) is 5.45. The molecule has 0 aliphatic carbocycles. The molecule has 0 aromatic heterocycles. The molecule has 0 fully saturated rings. The summed E-state index contributed by atoms with van der Waals surface area (Å²) < 4.78 is 33.7. The minimum Gasteiger partial charge on any atom is -0.465 e. The zero-order valence-corrected chi connectivity index (χ0v) is 13.3. The minimum atomic E-state index is -2.94. The van der Waals surface area contributed by atoms with Crippen LogP contribution < -0.4 is 15.4 Å². The van der Waals surface area contributed by atoms with E-state index in [0.717, 1.165) is 0 Å². The number of rotatable bonds is 6. The third-order valence-corrected chi connectivity index (χ3v) is 3.19. The lowest BCUT2D eigenvalue weighted by molar-refractivity contribution is -0.0504. The zero-order valence-electron chi connectivity index (χ0n) is 13.3. The first-order valence-electron chi connectivity index (χ1n) is 7.25. The number of amides is 2. The smallest absolute Gasteiger partial charge is 0.387 e. The van der Waals surface area contributed by atoms with Gasteiger partial charge < -0.3 is 20.1 Å². The highest BCUT2D eigenvalue weighted by Crippen LogP contribution is 2.20. The number of para-hydroxylation sites is 1. The van der Waals surface area contributed by atoms with Crippen molar-refractivity contribution < 1.29 is 27.8 Å². The van der Waals surface area contributed by atoms with Crippen LogP contribution in [0.1, 0.15) is 15.9 Å². The molecule has 0 unspecified atom stereocenters. The van der Waals surface area contributed by atoms with Crippen LogP contribution in [-0.4, -0.2) is 25.7 Å². The number of hydrogen-bond donors (Lipinski definition) is 2. The van der Waals surface area contributed by atoms with Gasteiger partial charge in [-0.05, 0) is 30.3 Å². The lowest BCUT2D eigenvalue weighted by Gasteiger charge is -2.12. The second kappa shape index (κ2) is 8.62. The number of nitrogens with one attached hydrogen (secondary N) is 2. The Kier molecular flexibility index (Phi) is 6.27. The summed E-state index contributed by atoms with van der Waals surface area (Å²) in [6, 6.07) is 11.7. The third-order valence-electron chi connectivity index (χ3n) is 3.19. The van der Waals surface area contributed by atoms with Gasteiger partial charge in [0.15, 0.2) is 0 Å². The zero-order chi connectivity index (χ0) is 18.2. The SMILES string of the molecule is COC(=O)c1ccc(NC(=O)NCc2ccccc2OC(F)F)cc1. The monoisotopic (exact) mass is 350 g/mol. The van der Waals surface area contributed by atoms with Crippen LogP contribution in [0, 0.1) is 0 Å². The number of urea groups is 1. The van der Waals surface area contributed by atoms with Gasteiger partial charge >= 0.3 is 18.6 Å². The summed E-state index contributed by atoms with van der Waals surface area (Å²) in [6.45, 7) is -2.93. The molecule has 0 atom stereocenters. The van der Waals surface area contributed by atoms with Crippen molar-refractivity contribution in [2.24, 2.45) is 0 Å². The van der Waals surface area contributed by atoms with Crippen LogP contribution in [0.4, 0.5) is 19.3 Å². The number of benzene rings is 2. The van der Waals surface area contributed by atoms with E-state index in [1.807, 2.05) is 0 Å². The maximum absolute atomic E-state index is 12.3. The Morgan fingerprint density at radius 1 is 1.08 bits per heavy atom. The Labute approximate surface area is 142 Å². The number of methoxy groups -OCH3 is 1. The average Bonchev–Trinajstić information content (AvgIpc) is 2.60. The fourth-order valence-electron chi connectivity index (χ4n) is 2.02. The van der Waals surface area contributed by atoms with Gasteiger partial charge in [-0.3, -0.25) is 0 Å². The van der Waals surface area contributed by atoms with Crippen molar-refractivity contribution in [1.82, 2.24) is 5.32 Å². The summed E-state index contributed by atoms with van der Waals surface area (Å²) in [7, 11) is 1.28. The average molecular weight is 350 g/mol. The van der Waals surface area contributed by atoms with Crippen molar-refractivity contribution in [3.05, 3.63) is 59.7 Å². The Balaban J connectivity index is 1.92. The molecule has 2 aromatic carbocycles. The number of ether oxygens (including phenoxy) is 2. The van der Waals surface area contributed by atoms with Crippen molar-refractivity contribution in [1.29, 1.82) is 0 Å². The van der Waals surface area contributed by atoms with E-state index in [1.54, 1.807) is 30.3 Å². The topological polar surface area (TPSA) is 76.7 Å². The number of alkyl halides is 2. The van der Waals surface area contributed by atoms with Crippen molar-refractivity contribution in [2.75, 3.05) is 12.4 Å². The summed E-state index contributed by atoms with van der Waals surface area (Å²) in [5.74, 6) is -0.480. The number of hydrogen-bond acceptors (Lipinski definition) is 4. The van der Waals surface area contributed by atoms with Crippen LogP contribution in [0.5, 0.6) is 5.75 Å². The van der Waals surface area contributed by atoms with E-state index in [9.17, 15) is 18.4 Å². The highest BCUT2D eigenvalue weighted by Gasteiger charge is 2.10.